The number of hydrogen-bond donors (Lipinski definition) is 2. The van der Waals surface area contributed by atoms with Gasteiger partial charge in [0.1, 0.15) is 11.6 Å². The molecule has 124 valence electrons. The first kappa shape index (κ1) is 16.3. The second kappa shape index (κ2) is 6.93. The summed E-state index contributed by atoms with van der Waals surface area (Å²) in [6.45, 7) is 4.07. The lowest BCUT2D eigenvalue weighted by Gasteiger charge is -2.15. The summed E-state index contributed by atoms with van der Waals surface area (Å²) < 4.78 is 5.48. The van der Waals surface area contributed by atoms with Crippen molar-refractivity contribution in [2.75, 3.05) is 24.7 Å². The second-order valence-corrected chi connectivity index (χ2v) is 5.62. The summed E-state index contributed by atoms with van der Waals surface area (Å²) in [4.78, 5) is 4.04. The summed E-state index contributed by atoms with van der Waals surface area (Å²) in [5.74, 6) is 1.19. The fraction of sp³-hybridized carbons (Fsp3) is 0.100. The summed E-state index contributed by atoms with van der Waals surface area (Å²) >= 11 is 0. The van der Waals surface area contributed by atoms with Crippen molar-refractivity contribution in [1.29, 1.82) is 5.26 Å². The number of rotatable bonds is 5. The molecule has 0 aliphatic rings. The molecular weight excluding hydrogens is 312 g/mol. The normalized spacial score (nSPS) is 10.2. The lowest BCUT2D eigenvalue weighted by molar-refractivity contribution is 0.417. The zero-order chi connectivity index (χ0) is 17.8. The fourth-order valence-electron chi connectivity index (χ4n) is 2.69. The van der Waals surface area contributed by atoms with Gasteiger partial charge in [0.05, 0.1) is 18.9 Å². The molecule has 3 N–H and O–H groups in total. The predicted molar refractivity (Wildman–Crippen MR) is 101 cm³/mol. The van der Waals surface area contributed by atoms with Crippen LogP contribution in [0.15, 0.2) is 60.8 Å². The molecule has 5 nitrogen and oxygen atoms in total. The van der Waals surface area contributed by atoms with Gasteiger partial charge in [-0.3, -0.25) is 0 Å². The quantitative estimate of drug-likeness (QED) is 0.691. The van der Waals surface area contributed by atoms with Crippen molar-refractivity contribution < 1.29 is 4.74 Å². The van der Waals surface area contributed by atoms with Crippen LogP contribution < -0.4 is 15.8 Å². The molecule has 2 aromatic carbocycles. The van der Waals surface area contributed by atoms with Crippen LogP contribution in [0.1, 0.15) is 0 Å². The number of anilines is 2. The van der Waals surface area contributed by atoms with Crippen LogP contribution in [0.3, 0.4) is 0 Å². The van der Waals surface area contributed by atoms with Gasteiger partial charge >= 0.3 is 0 Å². The summed E-state index contributed by atoms with van der Waals surface area (Å²) in [7, 11) is 1.62. The van der Waals surface area contributed by atoms with Crippen LogP contribution in [0.4, 0.5) is 11.5 Å². The zero-order valence-corrected chi connectivity index (χ0v) is 13.9. The number of nitrogens with two attached hydrogens (primary N) is 1. The smallest absolute Gasteiger partial charge is 0.142 e. The summed E-state index contributed by atoms with van der Waals surface area (Å²) in [6, 6.07) is 15.9. The van der Waals surface area contributed by atoms with Crippen LogP contribution in [0, 0.1) is 11.3 Å². The third-order valence-corrected chi connectivity index (χ3v) is 3.95. The number of nitrogens with zero attached hydrogens (tertiary/aromatic N) is 2. The van der Waals surface area contributed by atoms with Crippen molar-refractivity contribution in [2.45, 2.75) is 0 Å². The monoisotopic (exact) mass is 330 g/mol. The van der Waals surface area contributed by atoms with Crippen LogP contribution >= 0.6 is 0 Å². The molecule has 0 aliphatic heterocycles. The van der Waals surface area contributed by atoms with Gasteiger partial charge in [-0.1, -0.05) is 24.8 Å². The average molecular weight is 330 g/mol. The maximum absolute atomic E-state index is 8.93. The van der Waals surface area contributed by atoms with Gasteiger partial charge in [-0.05, 0) is 40.8 Å². The van der Waals surface area contributed by atoms with Gasteiger partial charge in [0.25, 0.3) is 0 Å². The van der Waals surface area contributed by atoms with E-state index >= 15 is 0 Å². The largest absolute Gasteiger partial charge is 0.495 e. The molecule has 0 saturated carbocycles. The van der Waals surface area contributed by atoms with E-state index < -0.39 is 0 Å². The van der Waals surface area contributed by atoms with Crippen molar-refractivity contribution in [1.82, 2.24) is 4.98 Å². The number of hydrogen-bond acceptors (Lipinski definition) is 5. The Labute approximate surface area is 146 Å². The Hall–Kier alpha value is -3.52. The molecule has 5 heteroatoms. The van der Waals surface area contributed by atoms with E-state index in [4.69, 9.17) is 15.7 Å². The number of methoxy groups -OCH3 is 1. The average Bonchev–Trinajstić information content (AvgIpc) is 2.65. The minimum absolute atomic E-state index is 0.360. The molecule has 0 fully saturated rings. The number of nitrogen functional groups attached to an aromatic ring is 1. The molecule has 3 rings (SSSR count). The second-order valence-electron chi connectivity index (χ2n) is 5.62. The van der Waals surface area contributed by atoms with Crippen molar-refractivity contribution >= 4 is 22.3 Å². The molecule has 0 aliphatic carbocycles. The first-order chi connectivity index (χ1) is 12.1. The number of ether oxygens (including phenoxy) is 1. The van der Waals surface area contributed by atoms with Gasteiger partial charge in [0.15, 0.2) is 0 Å². The number of nitriles is 1. The minimum Gasteiger partial charge on any atom is -0.495 e. The summed E-state index contributed by atoms with van der Waals surface area (Å²) in [5, 5.41) is 14.3. The van der Waals surface area contributed by atoms with E-state index in [1.807, 2.05) is 42.5 Å². The van der Waals surface area contributed by atoms with Crippen LogP contribution in [0.2, 0.25) is 0 Å². The number of benzene rings is 2. The molecule has 0 radical (unpaired) electrons. The summed E-state index contributed by atoms with van der Waals surface area (Å²) in [6.07, 6.45) is 1.69. The highest BCUT2D eigenvalue weighted by Gasteiger charge is 2.10. The standard InChI is InChI=1S/C20H18N4O/c1-13(11-21)12-24-20-17-9-15(16-7-8-23-19(22)10-16)4-3-14(17)5-6-18(20)25-2/h3-10,24H,1,12H2,2H3,(H2,22,23). The Morgan fingerprint density at radius 1 is 1.24 bits per heavy atom. The van der Waals surface area contributed by atoms with E-state index in [2.05, 4.69) is 22.9 Å². The Bertz CT molecular complexity index is 989. The molecule has 3 aromatic rings. The van der Waals surface area contributed by atoms with Gasteiger partial charge in [-0.15, -0.1) is 0 Å². The van der Waals surface area contributed by atoms with Crippen LogP contribution in [0.5, 0.6) is 5.75 Å². The van der Waals surface area contributed by atoms with Crippen LogP contribution in [-0.4, -0.2) is 18.6 Å². The molecule has 0 spiro atoms. The lowest BCUT2D eigenvalue weighted by Crippen LogP contribution is -2.05. The van der Waals surface area contributed by atoms with E-state index in [-0.39, 0.29) is 0 Å². The molecule has 1 aromatic heterocycles. The lowest BCUT2D eigenvalue weighted by atomic mass is 10.0. The highest BCUT2D eigenvalue weighted by molar-refractivity contribution is 5.99. The molecular formula is C20H18N4O. The summed E-state index contributed by atoms with van der Waals surface area (Å²) in [5.41, 5.74) is 9.10. The van der Waals surface area contributed by atoms with Crippen molar-refractivity contribution in [3.05, 3.63) is 60.8 Å². The van der Waals surface area contributed by atoms with Crippen molar-refractivity contribution in [3.63, 3.8) is 0 Å². The van der Waals surface area contributed by atoms with E-state index in [1.165, 1.54) is 0 Å². The molecule has 0 unspecified atom stereocenters. The predicted octanol–water partition coefficient (Wildman–Crippen LogP) is 3.98. The third-order valence-electron chi connectivity index (χ3n) is 3.95. The van der Waals surface area contributed by atoms with E-state index in [0.29, 0.717) is 23.7 Å². The maximum atomic E-state index is 8.93. The number of pyridine rings is 1. The minimum atomic E-state index is 0.360. The van der Waals surface area contributed by atoms with Gasteiger partial charge < -0.3 is 15.8 Å². The Morgan fingerprint density at radius 2 is 2.00 bits per heavy atom. The van der Waals surface area contributed by atoms with E-state index in [9.17, 15) is 0 Å². The zero-order valence-electron chi connectivity index (χ0n) is 13.9. The Kier molecular flexibility index (Phi) is 4.53. The Morgan fingerprint density at radius 3 is 2.72 bits per heavy atom. The van der Waals surface area contributed by atoms with Crippen LogP contribution in [-0.2, 0) is 0 Å². The van der Waals surface area contributed by atoms with Gasteiger partial charge in [0, 0.05) is 23.7 Å². The molecule has 1 heterocycles. The molecule has 0 amide bonds. The first-order valence-electron chi connectivity index (χ1n) is 7.77. The van der Waals surface area contributed by atoms with Crippen LogP contribution in [0.25, 0.3) is 21.9 Å². The van der Waals surface area contributed by atoms with Gasteiger partial charge in [-0.25, -0.2) is 4.98 Å². The first-order valence-corrected chi connectivity index (χ1v) is 7.77. The molecule has 0 bridgehead atoms. The molecule has 25 heavy (non-hydrogen) atoms. The van der Waals surface area contributed by atoms with Crippen molar-refractivity contribution in [3.8, 4) is 22.9 Å². The number of aromatic nitrogens is 1. The molecule has 0 atom stereocenters. The highest BCUT2D eigenvalue weighted by Crippen LogP contribution is 2.36. The maximum Gasteiger partial charge on any atom is 0.142 e. The number of nitrogens with one attached hydrogen (secondary N) is 1. The van der Waals surface area contributed by atoms with E-state index in [0.717, 1.165) is 27.6 Å². The highest BCUT2D eigenvalue weighted by atomic mass is 16.5. The van der Waals surface area contributed by atoms with Gasteiger partial charge in [-0.2, -0.15) is 5.26 Å². The molecule has 0 saturated heterocycles. The fourth-order valence-corrected chi connectivity index (χ4v) is 2.69. The Balaban J connectivity index is 2.13. The van der Waals surface area contributed by atoms with E-state index in [1.54, 1.807) is 13.3 Å². The van der Waals surface area contributed by atoms with Gasteiger partial charge in [0.2, 0.25) is 0 Å². The number of fused-ring (bicyclic) bond motifs is 1. The van der Waals surface area contributed by atoms with Crippen molar-refractivity contribution in [2.24, 2.45) is 0 Å². The topological polar surface area (TPSA) is 84.0 Å². The SMILES string of the molecule is C=C(C#N)CNc1c(OC)ccc2ccc(-c3ccnc(N)c3)cc12. The third kappa shape index (κ3) is 3.38.